The van der Waals surface area contributed by atoms with Crippen LogP contribution in [0.3, 0.4) is 0 Å². The number of fused-ring (bicyclic) bond motifs is 2. The zero-order valence-electron chi connectivity index (χ0n) is 16.9. The van der Waals surface area contributed by atoms with E-state index in [-0.39, 0.29) is 16.9 Å². The standard InChI is InChI=1S/C21H22BrN3O3S2/c1-20(2)12-6-7-21(20,3)13(9-12)27-18-15(14(22)17(26)28-18)29-19-25-24-16(30-19)11-5-4-8-23-10-11/h4-5,8,10,12-13,18H,6-7,9H2,1-3H3/t12-,13+,18+,21+/m1/s1. The highest BCUT2D eigenvalue weighted by molar-refractivity contribution is 9.12. The van der Waals surface area contributed by atoms with Crippen molar-refractivity contribution < 1.29 is 14.3 Å². The average Bonchev–Trinajstić information content (AvgIpc) is 3.41. The van der Waals surface area contributed by atoms with Gasteiger partial charge in [-0.15, -0.1) is 10.2 Å². The van der Waals surface area contributed by atoms with E-state index in [4.69, 9.17) is 9.47 Å². The summed E-state index contributed by atoms with van der Waals surface area (Å²) in [4.78, 5) is 17.1. The third kappa shape index (κ3) is 3.16. The zero-order valence-corrected chi connectivity index (χ0v) is 20.1. The second kappa shape index (κ2) is 7.39. The van der Waals surface area contributed by atoms with Gasteiger partial charge < -0.3 is 9.47 Å². The normalized spacial score (nSPS) is 32.1. The van der Waals surface area contributed by atoms with Gasteiger partial charge in [-0.2, -0.15) is 0 Å². The quantitative estimate of drug-likeness (QED) is 0.500. The first-order valence-corrected chi connectivity index (χ1v) is 12.4. The van der Waals surface area contributed by atoms with Gasteiger partial charge in [-0.05, 0) is 64.1 Å². The van der Waals surface area contributed by atoms with Crippen LogP contribution in [0.4, 0.5) is 0 Å². The Balaban J connectivity index is 1.35. The number of hydrogen-bond acceptors (Lipinski definition) is 8. The molecule has 5 rings (SSSR count). The largest absolute Gasteiger partial charge is 0.427 e. The molecule has 0 radical (unpaired) electrons. The number of ether oxygens (including phenoxy) is 2. The molecule has 2 fully saturated rings. The minimum absolute atomic E-state index is 0.0680. The molecule has 0 unspecified atom stereocenters. The number of carbonyl (C=O) groups is 1. The Morgan fingerprint density at radius 2 is 2.17 bits per heavy atom. The molecule has 2 aromatic heterocycles. The van der Waals surface area contributed by atoms with Gasteiger partial charge in [0.05, 0.1) is 11.0 Å². The number of rotatable bonds is 5. The summed E-state index contributed by atoms with van der Waals surface area (Å²) in [5.74, 6) is 0.255. The summed E-state index contributed by atoms with van der Waals surface area (Å²) in [6, 6.07) is 3.82. The fraction of sp³-hybridized carbons (Fsp3) is 0.524. The van der Waals surface area contributed by atoms with Crippen LogP contribution in [0.1, 0.15) is 40.0 Å². The van der Waals surface area contributed by atoms with Crippen molar-refractivity contribution in [1.29, 1.82) is 0 Å². The molecule has 2 bridgehead atoms. The highest BCUT2D eigenvalue weighted by Crippen LogP contribution is 2.66. The molecule has 0 saturated heterocycles. The van der Waals surface area contributed by atoms with Crippen LogP contribution < -0.4 is 0 Å². The lowest BCUT2D eigenvalue weighted by Crippen LogP contribution is -2.39. The highest BCUT2D eigenvalue weighted by atomic mass is 79.9. The van der Waals surface area contributed by atoms with E-state index in [0.29, 0.717) is 15.3 Å². The van der Waals surface area contributed by atoms with Gasteiger partial charge in [0, 0.05) is 18.0 Å². The maximum Gasteiger partial charge on any atom is 0.348 e. The van der Waals surface area contributed by atoms with E-state index in [2.05, 4.69) is 51.9 Å². The summed E-state index contributed by atoms with van der Waals surface area (Å²) in [6.07, 6.45) is 6.25. The second-order valence-corrected chi connectivity index (χ2v) is 11.9. The molecule has 2 aliphatic carbocycles. The average molecular weight is 508 g/mol. The summed E-state index contributed by atoms with van der Waals surface area (Å²) in [7, 11) is 0. The third-order valence-corrected chi connectivity index (χ3v) is 10.5. The number of aromatic nitrogens is 3. The maximum atomic E-state index is 12.3. The molecule has 9 heteroatoms. The fourth-order valence-corrected chi connectivity index (χ4v) is 7.43. The van der Waals surface area contributed by atoms with Crippen molar-refractivity contribution >= 4 is 45.0 Å². The first-order valence-electron chi connectivity index (χ1n) is 9.97. The van der Waals surface area contributed by atoms with Crippen molar-refractivity contribution in [2.45, 2.75) is 56.8 Å². The molecule has 0 spiro atoms. The van der Waals surface area contributed by atoms with Crippen molar-refractivity contribution in [1.82, 2.24) is 15.2 Å². The van der Waals surface area contributed by atoms with Crippen LogP contribution in [-0.2, 0) is 14.3 Å². The van der Waals surface area contributed by atoms with Crippen LogP contribution in [-0.4, -0.2) is 33.5 Å². The van der Waals surface area contributed by atoms with Crippen molar-refractivity contribution in [3.05, 3.63) is 33.9 Å². The molecule has 30 heavy (non-hydrogen) atoms. The molecule has 3 heterocycles. The molecule has 2 aromatic rings. The Bertz CT molecular complexity index is 1030. The SMILES string of the molecule is CC1(C)[C@@H]2CC[C@@]1(C)[C@@H](O[C@H]1OC(=O)C(Br)=C1Sc1nnc(-c3cccnc3)s1)C2. The van der Waals surface area contributed by atoms with Crippen molar-refractivity contribution in [3.8, 4) is 10.6 Å². The first kappa shape index (κ1) is 20.6. The van der Waals surface area contributed by atoms with Gasteiger partial charge in [-0.3, -0.25) is 4.98 Å². The molecule has 0 N–H and O–H groups in total. The van der Waals surface area contributed by atoms with Crippen LogP contribution in [0.5, 0.6) is 0 Å². The molecule has 0 amide bonds. The van der Waals surface area contributed by atoms with E-state index in [1.807, 2.05) is 12.1 Å². The van der Waals surface area contributed by atoms with E-state index in [9.17, 15) is 4.79 Å². The minimum Gasteiger partial charge on any atom is -0.427 e. The fourth-order valence-electron chi connectivity index (χ4n) is 5.03. The first-order chi connectivity index (χ1) is 14.3. The number of esters is 1. The molecule has 2 saturated carbocycles. The third-order valence-electron chi connectivity index (χ3n) is 7.34. The number of halogens is 1. The predicted molar refractivity (Wildman–Crippen MR) is 119 cm³/mol. The lowest BCUT2D eigenvalue weighted by molar-refractivity contribution is -0.181. The number of cyclic esters (lactones) is 1. The summed E-state index contributed by atoms with van der Waals surface area (Å²) < 4.78 is 13.2. The van der Waals surface area contributed by atoms with Gasteiger partial charge in [0.2, 0.25) is 6.29 Å². The number of pyridine rings is 1. The summed E-state index contributed by atoms with van der Waals surface area (Å²) in [5, 5.41) is 9.33. The predicted octanol–water partition coefficient (Wildman–Crippen LogP) is 5.41. The summed E-state index contributed by atoms with van der Waals surface area (Å²) in [6.45, 7) is 7.01. The number of thioether (sulfide) groups is 1. The van der Waals surface area contributed by atoms with E-state index >= 15 is 0 Å². The van der Waals surface area contributed by atoms with Crippen LogP contribution in [0.15, 0.2) is 38.3 Å². The monoisotopic (exact) mass is 507 g/mol. The van der Waals surface area contributed by atoms with Gasteiger partial charge in [0.15, 0.2) is 4.34 Å². The Morgan fingerprint density at radius 3 is 2.83 bits per heavy atom. The number of carbonyl (C=O) groups excluding carboxylic acids is 1. The van der Waals surface area contributed by atoms with Crippen LogP contribution >= 0.6 is 39.0 Å². The van der Waals surface area contributed by atoms with Crippen LogP contribution in [0, 0.1) is 16.7 Å². The Morgan fingerprint density at radius 1 is 1.33 bits per heavy atom. The van der Waals surface area contributed by atoms with Gasteiger partial charge in [-0.25, -0.2) is 4.79 Å². The highest BCUT2D eigenvalue weighted by Gasteiger charge is 2.62. The zero-order chi connectivity index (χ0) is 21.1. The Labute approximate surface area is 192 Å². The molecule has 0 aromatic carbocycles. The van der Waals surface area contributed by atoms with E-state index in [0.717, 1.165) is 27.8 Å². The minimum atomic E-state index is -0.709. The Kier molecular flexibility index (Phi) is 5.08. The molecule has 4 atom stereocenters. The summed E-state index contributed by atoms with van der Waals surface area (Å²) >= 11 is 6.23. The molecule has 1 aliphatic heterocycles. The van der Waals surface area contributed by atoms with Crippen LogP contribution in [0.25, 0.3) is 10.6 Å². The van der Waals surface area contributed by atoms with Crippen molar-refractivity contribution in [3.63, 3.8) is 0 Å². The number of hydrogen-bond donors (Lipinski definition) is 0. The van der Waals surface area contributed by atoms with Crippen LogP contribution in [0.2, 0.25) is 0 Å². The van der Waals surface area contributed by atoms with Crippen molar-refractivity contribution in [2.75, 3.05) is 0 Å². The van der Waals surface area contributed by atoms with Gasteiger partial charge in [0.1, 0.15) is 9.49 Å². The topological polar surface area (TPSA) is 74.2 Å². The molecule has 158 valence electrons. The summed E-state index contributed by atoms with van der Waals surface area (Å²) in [5.41, 5.74) is 1.23. The van der Waals surface area contributed by atoms with E-state index in [1.165, 1.54) is 29.5 Å². The van der Waals surface area contributed by atoms with Gasteiger partial charge in [-0.1, -0.05) is 43.9 Å². The lowest BCUT2D eigenvalue weighted by atomic mass is 9.70. The molecular weight excluding hydrogens is 486 g/mol. The molecule has 6 nitrogen and oxygen atoms in total. The van der Waals surface area contributed by atoms with E-state index in [1.54, 1.807) is 12.4 Å². The number of nitrogens with zero attached hydrogens (tertiary/aromatic N) is 3. The van der Waals surface area contributed by atoms with Gasteiger partial charge >= 0.3 is 5.97 Å². The second-order valence-electron chi connectivity index (χ2n) is 8.87. The lowest BCUT2D eigenvalue weighted by Gasteiger charge is -2.39. The molecular formula is C21H22BrN3O3S2. The van der Waals surface area contributed by atoms with Gasteiger partial charge in [0.25, 0.3) is 0 Å². The maximum absolute atomic E-state index is 12.3. The molecule has 3 aliphatic rings. The van der Waals surface area contributed by atoms with E-state index < -0.39 is 12.3 Å². The Hall–Kier alpha value is -1.29. The van der Waals surface area contributed by atoms with Crippen molar-refractivity contribution in [2.24, 2.45) is 16.7 Å². The smallest absolute Gasteiger partial charge is 0.348 e.